The topological polar surface area (TPSA) is 69.9 Å². The lowest BCUT2D eigenvalue weighted by Crippen LogP contribution is -2.52. The van der Waals surface area contributed by atoms with Gasteiger partial charge in [0.25, 0.3) is 5.91 Å². The van der Waals surface area contributed by atoms with Crippen LogP contribution < -0.4 is 4.90 Å². The van der Waals surface area contributed by atoms with E-state index in [1.165, 1.54) is 4.90 Å². The van der Waals surface area contributed by atoms with Crippen molar-refractivity contribution in [2.45, 2.75) is 19.9 Å². The molecule has 22 heavy (non-hydrogen) atoms. The van der Waals surface area contributed by atoms with Crippen molar-refractivity contribution in [2.75, 3.05) is 31.1 Å². The van der Waals surface area contributed by atoms with Gasteiger partial charge in [-0.3, -0.25) is 9.69 Å². The molecule has 0 radical (unpaired) electrons. The molecule has 0 bridgehead atoms. The number of piperazine rings is 1. The van der Waals surface area contributed by atoms with Crippen molar-refractivity contribution in [2.24, 2.45) is 0 Å². The molecule has 1 aromatic heterocycles. The molecular formula is C14H19ClN4O3. The minimum absolute atomic E-state index is 0. The number of aryl methyl sites for hydroxylation is 2. The molecule has 2 aliphatic rings. The summed E-state index contributed by atoms with van der Waals surface area (Å²) in [6.07, 6.45) is 1.81. The quantitative estimate of drug-likeness (QED) is 0.619. The van der Waals surface area contributed by atoms with Crippen molar-refractivity contribution >= 4 is 30.0 Å². The van der Waals surface area contributed by atoms with Crippen LogP contribution in [-0.2, 0) is 4.79 Å². The zero-order chi connectivity index (χ0) is 15.1. The van der Waals surface area contributed by atoms with Gasteiger partial charge in [0.15, 0.2) is 5.76 Å². The normalized spacial score (nSPS) is 21.8. The second-order valence-corrected chi connectivity index (χ2v) is 5.39. The van der Waals surface area contributed by atoms with Crippen LogP contribution in [0.2, 0.25) is 0 Å². The summed E-state index contributed by atoms with van der Waals surface area (Å²) >= 11 is 0. The van der Waals surface area contributed by atoms with Gasteiger partial charge in [0.2, 0.25) is 0 Å². The number of imide groups is 1. The maximum absolute atomic E-state index is 12.6. The van der Waals surface area contributed by atoms with E-state index in [4.69, 9.17) is 4.52 Å². The van der Waals surface area contributed by atoms with Gasteiger partial charge in [0, 0.05) is 26.2 Å². The fourth-order valence-electron chi connectivity index (χ4n) is 3.00. The molecule has 3 heterocycles. The predicted octanol–water partition coefficient (Wildman–Crippen LogP) is 1.35. The van der Waals surface area contributed by atoms with Gasteiger partial charge in [-0.05, 0) is 13.8 Å². The summed E-state index contributed by atoms with van der Waals surface area (Å²) in [4.78, 5) is 30.2. The first-order chi connectivity index (χ1) is 10.0. The third-order valence-electron chi connectivity index (χ3n) is 4.01. The molecule has 0 N–H and O–H groups in total. The maximum Gasteiger partial charge on any atom is 0.332 e. The van der Waals surface area contributed by atoms with E-state index in [1.54, 1.807) is 18.7 Å². The van der Waals surface area contributed by atoms with E-state index in [0.29, 0.717) is 30.2 Å². The van der Waals surface area contributed by atoms with E-state index < -0.39 is 6.04 Å². The fourth-order valence-corrected chi connectivity index (χ4v) is 3.00. The van der Waals surface area contributed by atoms with Crippen LogP contribution in [0, 0.1) is 13.8 Å². The number of hydrogen-bond donors (Lipinski definition) is 0. The molecule has 120 valence electrons. The Hall–Kier alpha value is -1.86. The molecule has 0 aromatic carbocycles. The molecule has 0 saturated carbocycles. The Bertz CT molecular complexity index is 596. The smallest absolute Gasteiger partial charge is 0.332 e. The highest BCUT2D eigenvalue weighted by molar-refractivity contribution is 6.22. The van der Waals surface area contributed by atoms with Crippen molar-refractivity contribution in [3.63, 3.8) is 0 Å². The van der Waals surface area contributed by atoms with Gasteiger partial charge in [-0.15, -0.1) is 19.0 Å². The number of fused-ring (bicyclic) bond motifs is 1. The Balaban J connectivity index is 0.00000176. The van der Waals surface area contributed by atoms with Crippen LogP contribution in [0.4, 0.5) is 10.5 Å². The van der Waals surface area contributed by atoms with Crippen molar-refractivity contribution < 1.29 is 14.1 Å². The van der Waals surface area contributed by atoms with Gasteiger partial charge in [0.05, 0.1) is 0 Å². The molecular weight excluding hydrogens is 308 g/mol. The molecule has 3 amide bonds. The maximum atomic E-state index is 12.6. The predicted molar refractivity (Wildman–Crippen MR) is 83.2 cm³/mol. The number of hydrogen-bond acceptors (Lipinski definition) is 5. The van der Waals surface area contributed by atoms with Crippen LogP contribution in [0.1, 0.15) is 11.5 Å². The molecule has 0 aliphatic carbocycles. The summed E-state index contributed by atoms with van der Waals surface area (Å²) in [5.74, 6) is 0.278. The molecule has 7 nitrogen and oxygen atoms in total. The fraction of sp³-hybridized carbons (Fsp3) is 0.500. The summed E-state index contributed by atoms with van der Waals surface area (Å²) < 4.78 is 5.08. The lowest BCUT2D eigenvalue weighted by molar-refractivity contribution is -0.121. The van der Waals surface area contributed by atoms with Gasteiger partial charge in [0.1, 0.15) is 17.4 Å². The van der Waals surface area contributed by atoms with Crippen molar-refractivity contribution in [1.29, 1.82) is 0 Å². The van der Waals surface area contributed by atoms with Gasteiger partial charge in [-0.2, -0.15) is 0 Å². The van der Waals surface area contributed by atoms with Crippen molar-refractivity contribution in [1.82, 2.24) is 15.0 Å². The number of anilines is 1. The Labute approximate surface area is 134 Å². The van der Waals surface area contributed by atoms with Crippen LogP contribution in [0.15, 0.2) is 17.2 Å². The first-order valence-corrected chi connectivity index (χ1v) is 6.95. The molecule has 8 heteroatoms. The molecule has 0 spiro atoms. The SMILES string of the molecule is C=CCN1CCN2C(=O)N(c3c(C)noc3C)C(=O)C2C1.Cl. The number of nitrogens with zero attached hydrogens (tertiary/aromatic N) is 4. The average molecular weight is 327 g/mol. The number of carbonyl (C=O) groups excluding carboxylic acids is 2. The molecule has 1 unspecified atom stereocenters. The van der Waals surface area contributed by atoms with E-state index in [9.17, 15) is 9.59 Å². The van der Waals surface area contributed by atoms with Gasteiger partial charge in [-0.25, -0.2) is 9.69 Å². The van der Waals surface area contributed by atoms with Gasteiger partial charge < -0.3 is 9.42 Å². The highest BCUT2D eigenvalue weighted by atomic mass is 35.5. The molecule has 3 rings (SSSR count). The Morgan fingerprint density at radius 3 is 2.68 bits per heavy atom. The first kappa shape index (κ1) is 16.5. The molecule has 2 fully saturated rings. The summed E-state index contributed by atoms with van der Waals surface area (Å²) in [6.45, 7) is 9.70. The van der Waals surface area contributed by atoms with Crippen molar-refractivity contribution in [3.05, 3.63) is 24.1 Å². The molecule has 1 atom stereocenters. The first-order valence-electron chi connectivity index (χ1n) is 6.95. The highest BCUT2D eigenvalue weighted by Gasteiger charge is 2.49. The molecule has 2 saturated heterocycles. The number of urea groups is 1. The summed E-state index contributed by atoms with van der Waals surface area (Å²) in [5, 5.41) is 3.83. The number of halogens is 1. The minimum Gasteiger partial charge on any atom is -0.359 e. The van der Waals surface area contributed by atoms with Gasteiger partial charge >= 0.3 is 6.03 Å². The molecule has 1 aromatic rings. The lowest BCUT2D eigenvalue weighted by atomic mass is 10.2. The summed E-state index contributed by atoms with van der Waals surface area (Å²) in [7, 11) is 0. The Kier molecular flexibility index (Phi) is 4.58. The number of aromatic nitrogens is 1. The summed E-state index contributed by atoms with van der Waals surface area (Å²) in [6, 6.07) is -0.711. The van der Waals surface area contributed by atoms with Crippen LogP contribution in [0.25, 0.3) is 0 Å². The number of rotatable bonds is 3. The standard InChI is InChI=1S/C14H18N4O3.ClH/c1-4-5-16-6-7-17-11(8-16)13(19)18(14(17)20)12-9(2)15-21-10(12)3;/h4,11H,1,5-8H2,2-3H3;1H. The monoisotopic (exact) mass is 326 g/mol. The van der Waals surface area contributed by atoms with Crippen LogP contribution in [-0.4, -0.2) is 59.1 Å². The number of carbonyl (C=O) groups is 2. The zero-order valence-electron chi connectivity index (χ0n) is 12.6. The summed E-state index contributed by atoms with van der Waals surface area (Å²) in [5.41, 5.74) is 1.03. The highest BCUT2D eigenvalue weighted by Crippen LogP contribution is 2.31. The second kappa shape index (κ2) is 6.10. The lowest BCUT2D eigenvalue weighted by Gasteiger charge is -2.34. The van der Waals surface area contributed by atoms with Crippen LogP contribution in [0.5, 0.6) is 0 Å². The number of amides is 3. The Morgan fingerprint density at radius 2 is 2.09 bits per heavy atom. The second-order valence-electron chi connectivity index (χ2n) is 5.39. The van der Waals surface area contributed by atoms with E-state index in [0.717, 1.165) is 13.1 Å². The minimum atomic E-state index is -0.431. The van der Waals surface area contributed by atoms with E-state index >= 15 is 0 Å². The van der Waals surface area contributed by atoms with E-state index in [1.807, 2.05) is 6.08 Å². The average Bonchev–Trinajstić information content (AvgIpc) is 2.90. The zero-order valence-corrected chi connectivity index (χ0v) is 13.4. The third-order valence-corrected chi connectivity index (χ3v) is 4.01. The van der Waals surface area contributed by atoms with E-state index in [-0.39, 0.29) is 24.3 Å². The van der Waals surface area contributed by atoms with Crippen LogP contribution >= 0.6 is 12.4 Å². The van der Waals surface area contributed by atoms with E-state index in [2.05, 4.69) is 16.6 Å². The van der Waals surface area contributed by atoms with Crippen LogP contribution in [0.3, 0.4) is 0 Å². The van der Waals surface area contributed by atoms with Gasteiger partial charge in [-0.1, -0.05) is 11.2 Å². The van der Waals surface area contributed by atoms with Crippen molar-refractivity contribution in [3.8, 4) is 0 Å². The molecule has 2 aliphatic heterocycles. The third kappa shape index (κ3) is 2.40. The largest absolute Gasteiger partial charge is 0.359 e. The Morgan fingerprint density at radius 1 is 1.36 bits per heavy atom.